The van der Waals surface area contributed by atoms with E-state index in [1.165, 1.54) is 0 Å². The first-order chi connectivity index (χ1) is 4.35. The average Bonchev–Trinajstić information content (AvgIpc) is 1.91. The number of aliphatic hydroxyl groups excluding tert-OH is 3. The Balaban J connectivity index is 0. The topological polar surface area (TPSA) is 60.7 Å². The van der Waals surface area contributed by atoms with E-state index < -0.39 is 0 Å². The van der Waals surface area contributed by atoms with Crippen molar-refractivity contribution in [2.75, 3.05) is 19.8 Å². The predicted octanol–water partition coefficient (Wildman–Crippen LogP) is -1.29. The van der Waals surface area contributed by atoms with Gasteiger partial charge in [-0.15, -0.1) is 0 Å². The van der Waals surface area contributed by atoms with Crippen LogP contribution in [0.4, 0.5) is 0 Å². The minimum absolute atomic E-state index is 0. The molecule has 0 aromatic carbocycles. The van der Waals surface area contributed by atoms with Crippen LogP contribution in [-0.4, -0.2) is 54.0 Å². The van der Waals surface area contributed by atoms with Gasteiger partial charge in [-0.2, -0.15) is 0 Å². The fraction of sp³-hybridized carbons (Fsp3) is 1.00. The van der Waals surface area contributed by atoms with E-state index >= 15 is 0 Å². The molecule has 0 saturated carbocycles. The third-order valence-electron chi connectivity index (χ3n) is 1.29. The van der Waals surface area contributed by atoms with Gasteiger partial charge in [0.1, 0.15) is 0 Å². The Morgan fingerprint density at radius 1 is 1.00 bits per heavy atom. The van der Waals surface area contributed by atoms with Crippen LogP contribution in [0.3, 0.4) is 0 Å². The molecule has 0 saturated heterocycles. The maximum atomic E-state index is 8.51. The Labute approximate surface area is 73.2 Å². The normalized spacial score (nSPS) is 9.60. The Kier molecular flexibility index (Phi) is 12.4. The number of aliphatic hydroxyl groups is 3. The Morgan fingerprint density at radius 2 is 1.50 bits per heavy atom. The van der Waals surface area contributed by atoms with E-state index in [1.807, 2.05) is 0 Å². The summed E-state index contributed by atoms with van der Waals surface area (Å²) in [4.78, 5) is 0. The first-order valence-corrected chi connectivity index (χ1v) is 3.17. The molecule has 0 atom stereocenters. The fourth-order valence-electron chi connectivity index (χ4n) is 0.620. The number of hydrogen-bond acceptors (Lipinski definition) is 3. The zero-order chi connectivity index (χ0) is 7.11. The second-order valence-electron chi connectivity index (χ2n) is 2.10. The molecule has 3 nitrogen and oxygen atoms in total. The van der Waals surface area contributed by atoms with Crippen molar-refractivity contribution in [3.63, 3.8) is 0 Å². The summed E-state index contributed by atoms with van der Waals surface area (Å²) in [6, 6.07) is 0. The second kappa shape index (κ2) is 9.48. The van der Waals surface area contributed by atoms with Crippen molar-refractivity contribution in [2.24, 2.45) is 5.92 Å². The number of hydrogen-bond donors (Lipinski definition) is 3. The van der Waals surface area contributed by atoms with Gasteiger partial charge in [0.05, 0.1) is 0 Å². The fourth-order valence-corrected chi connectivity index (χ4v) is 0.620. The van der Waals surface area contributed by atoms with Gasteiger partial charge in [-0.25, -0.2) is 0 Å². The van der Waals surface area contributed by atoms with Crippen molar-refractivity contribution < 1.29 is 15.3 Å². The van der Waals surface area contributed by atoms with Crippen LogP contribution in [0, 0.1) is 5.92 Å². The molecule has 0 spiro atoms. The molecule has 0 unspecified atom stereocenters. The van der Waals surface area contributed by atoms with E-state index in [2.05, 4.69) is 0 Å². The quantitative estimate of drug-likeness (QED) is 0.418. The van der Waals surface area contributed by atoms with Gasteiger partial charge in [-0.1, -0.05) is 0 Å². The molecule has 0 aliphatic heterocycles. The van der Waals surface area contributed by atoms with E-state index in [-0.39, 0.29) is 44.6 Å². The van der Waals surface area contributed by atoms with Gasteiger partial charge in [0.25, 0.3) is 0 Å². The molecule has 0 bridgehead atoms. The van der Waals surface area contributed by atoms with Crippen LogP contribution in [0.5, 0.6) is 0 Å². The van der Waals surface area contributed by atoms with Crippen molar-refractivity contribution >= 4 is 18.9 Å². The van der Waals surface area contributed by atoms with Crippen LogP contribution >= 0.6 is 0 Å². The first kappa shape index (κ1) is 13.1. The molecule has 0 aromatic rings. The molecule has 58 valence electrons. The van der Waals surface area contributed by atoms with E-state index in [1.54, 1.807) is 0 Å². The summed E-state index contributed by atoms with van der Waals surface area (Å²) in [5.41, 5.74) is 0. The third-order valence-corrected chi connectivity index (χ3v) is 1.29. The van der Waals surface area contributed by atoms with Crippen LogP contribution in [0.1, 0.15) is 12.8 Å². The van der Waals surface area contributed by atoms with Gasteiger partial charge in [-0.05, 0) is 12.8 Å². The van der Waals surface area contributed by atoms with Crippen molar-refractivity contribution in [1.29, 1.82) is 0 Å². The molecule has 10 heavy (non-hydrogen) atoms. The standard InChI is InChI=1S/C6H14O3.Li.H/c7-3-1-2-6(4-8)5-9;;/h6-9H,1-5H2;;. The van der Waals surface area contributed by atoms with Gasteiger partial charge in [0.2, 0.25) is 0 Å². The third kappa shape index (κ3) is 6.60. The maximum absolute atomic E-state index is 8.51. The molecule has 0 fully saturated rings. The van der Waals surface area contributed by atoms with Crippen molar-refractivity contribution in [3.05, 3.63) is 0 Å². The van der Waals surface area contributed by atoms with Crippen LogP contribution in [0.25, 0.3) is 0 Å². The Bertz CT molecular complexity index is 57.0. The molecule has 0 rings (SSSR count). The summed E-state index contributed by atoms with van der Waals surface area (Å²) in [7, 11) is 0. The van der Waals surface area contributed by atoms with Gasteiger partial charge in [0, 0.05) is 25.7 Å². The summed E-state index contributed by atoms with van der Waals surface area (Å²) in [5, 5.41) is 25.4. The molecular weight excluding hydrogens is 127 g/mol. The summed E-state index contributed by atoms with van der Waals surface area (Å²) in [6.07, 6.45) is 1.36. The van der Waals surface area contributed by atoms with Crippen LogP contribution in [-0.2, 0) is 0 Å². The molecule has 0 radical (unpaired) electrons. The van der Waals surface area contributed by atoms with E-state index in [4.69, 9.17) is 15.3 Å². The van der Waals surface area contributed by atoms with Gasteiger partial charge in [0.15, 0.2) is 0 Å². The van der Waals surface area contributed by atoms with E-state index in [9.17, 15) is 0 Å². The second-order valence-corrected chi connectivity index (χ2v) is 2.10. The monoisotopic (exact) mass is 142 g/mol. The molecule has 0 aliphatic rings. The predicted molar refractivity (Wildman–Crippen MR) is 41.1 cm³/mol. The van der Waals surface area contributed by atoms with Gasteiger partial charge >= 0.3 is 18.9 Å². The van der Waals surface area contributed by atoms with Crippen molar-refractivity contribution in [3.8, 4) is 0 Å². The molecule has 4 heteroatoms. The number of rotatable bonds is 5. The van der Waals surface area contributed by atoms with Crippen LogP contribution in [0.15, 0.2) is 0 Å². The summed E-state index contributed by atoms with van der Waals surface area (Å²) < 4.78 is 0. The van der Waals surface area contributed by atoms with Crippen LogP contribution in [0.2, 0.25) is 0 Å². The van der Waals surface area contributed by atoms with Gasteiger partial charge in [-0.3, -0.25) is 0 Å². The first-order valence-electron chi connectivity index (χ1n) is 3.17. The summed E-state index contributed by atoms with van der Waals surface area (Å²) in [6.45, 7) is 0.156. The molecule has 3 N–H and O–H groups in total. The average molecular weight is 142 g/mol. The zero-order valence-corrected chi connectivity index (χ0v) is 5.45. The SMILES string of the molecule is OCCCC(CO)CO.[LiH]. The molecule has 0 heterocycles. The van der Waals surface area contributed by atoms with Gasteiger partial charge < -0.3 is 15.3 Å². The minimum atomic E-state index is -0.0443. The molecule has 0 amide bonds. The summed E-state index contributed by atoms with van der Waals surface area (Å²) >= 11 is 0. The van der Waals surface area contributed by atoms with Crippen LogP contribution < -0.4 is 0 Å². The molecule has 0 aromatic heterocycles. The Hall–Kier alpha value is 0.477. The van der Waals surface area contributed by atoms with Crippen molar-refractivity contribution in [1.82, 2.24) is 0 Å². The summed E-state index contributed by atoms with van der Waals surface area (Å²) in [5.74, 6) is -0.0443. The van der Waals surface area contributed by atoms with Crippen molar-refractivity contribution in [2.45, 2.75) is 12.8 Å². The molecular formula is C6H15LiO3. The van der Waals surface area contributed by atoms with E-state index in [0.717, 1.165) is 0 Å². The van der Waals surface area contributed by atoms with E-state index in [0.29, 0.717) is 12.8 Å². The Morgan fingerprint density at radius 3 is 1.80 bits per heavy atom. The zero-order valence-electron chi connectivity index (χ0n) is 5.45. The molecule has 0 aliphatic carbocycles.